The van der Waals surface area contributed by atoms with Gasteiger partial charge in [-0.15, -0.1) is 0 Å². The minimum absolute atomic E-state index is 0.0214. The molecule has 2 saturated heterocycles. The summed E-state index contributed by atoms with van der Waals surface area (Å²) in [6.07, 6.45) is 1.97. The summed E-state index contributed by atoms with van der Waals surface area (Å²) in [5, 5.41) is 13.7. The number of likely N-dealkylation sites (tertiary alicyclic amines) is 2. The molecule has 154 valence electrons. The molecule has 1 aromatic rings. The number of hydrogen-bond acceptors (Lipinski definition) is 4. The zero-order valence-corrected chi connectivity index (χ0v) is 17.3. The highest BCUT2D eigenvalue weighted by molar-refractivity contribution is 5.95. The number of aliphatic hydroxyl groups is 1. The number of benzene rings is 1. The summed E-state index contributed by atoms with van der Waals surface area (Å²) in [5.41, 5.74) is 2.53. The lowest BCUT2D eigenvalue weighted by atomic mass is 9.71. The zero-order valence-electron chi connectivity index (χ0n) is 17.3. The molecular formula is C22H33N3O3. The Kier molecular flexibility index (Phi) is 6.40. The molecule has 2 heterocycles. The van der Waals surface area contributed by atoms with E-state index in [-0.39, 0.29) is 17.2 Å². The van der Waals surface area contributed by atoms with Crippen LogP contribution in [0.1, 0.15) is 47.7 Å². The lowest BCUT2D eigenvalue weighted by Gasteiger charge is -2.51. The lowest BCUT2D eigenvalue weighted by molar-refractivity contribution is -0.126. The highest BCUT2D eigenvalue weighted by Gasteiger charge is 2.46. The molecule has 0 bridgehead atoms. The summed E-state index contributed by atoms with van der Waals surface area (Å²) in [6, 6.07) is 5.92. The van der Waals surface area contributed by atoms with Gasteiger partial charge in [0.25, 0.3) is 5.91 Å². The van der Waals surface area contributed by atoms with E-state index in [1.54, 1.807) is 0 Å². The molecule has 6 nitrogen and oxygen atoms in total. The third kappa shape index (κ3) is 4.39. The van der Waals surface area contributed by atoms with E-state index in [2.05, 4.69) is 10.2 Å². The zero-order chi connectivity index (χ0) is 20.3. The highest BCUT2D eigenvalue weighted by atomic mass is 16.3. The van der Waals surface area contributed by atoms with Crippen LogP contribution < -0.4 is 5.32 Å². The molecule has 1 aromatic carbocycles. The van der Waals surface area contributed by atoms with Crippen molar-refractivity contribution in [3.63, 3.8) is 0 Å². The molecule has 3 rings (SSSR count). The lowest BCUT2D eigenvalue weighted by Crippen LogP contribution is -2.60. The molecule has 1 spiro atoms. The Hall–Kier alpha value is -1.92. The first-order chi connectivity index (χ1) is 13.3. The van der Waals surface area contributed by atoms with Crippen LogP contribution in [0.15, 0.2) is 18.2 Å². The van der Waals surface area contributed by atoms with Crippen molar-refractivity contribution in [2.24, 2.45) is 5.41 Å². The van der Waals surface area contributed by atoms with Crippen LogP contribution in [0.3, 0.4) is 0 Å². The Morgan fingerprint density at radius 3 is 2.75 bits per heavy atom. The van der Waals surface area contributed by atoms with E-state index in [1.165, 1.54) is 0 Å². The first kappa shape index (κ1) is 20.8. The van der Waals surface area contributed by atoms with E-state index in [0.717, 1.165) is 36.1 Å². The highest BCUT2D eigenvalue weighted by Crippen LogP contribution is 2.39. The third-order valence-corrected chi connectivity index (χ3v) is 6.21. The van der Waals surface area contributed by atoms with Gasteiger partial charge >= 0.3 is 0 Å². The van der Waals surface area contributed by atoms with Crippen LogP contribution in [0.25, 0.3) is 0 Å². The minimum atomic E-state index is -0.437. The fourth-order valence-corrected chi connectivity index (χ4v) is 4.79. The number of aliphatic hydroxyl groups excluding tert-OH is 1. The van der Waals surface area contributed by atoms with Crippen molar-refractivity contribution in [3.8, 4) is 0 Å². The summed E-state index contributed by atoms with van der Waals surface area (Å²) in [7, 11) is 0. The van der Waals surface area contributed by atoms with Crippen LogP contribution >= 0.6 is 0 Å². The normalized spacial score (nSPS) is 25.7. The molecule has 2 atom stereocenters. The number of hydrogen-bond donors (Lipinski definition) is 2. The van der Waals surface area contributed by atoms with Crippen molar-refractivity contribution in [1.29, 1.82) is 0 Å². The van der Waals surface area contributed by atoms with Crippen molar-refractivity contribution < 1.29 is 14.7 Å². The molecule has 0 aliphatic carbocycles. The second-order valence-corrected chi connectivity index (χ2v) is 8.48. The van der Waals surface area contributed by atoms with Gasteiger partial charge in [0.15, 0.2) is 0 Å². The average molecular weight is 388 g/mol. The maximum absolute atomic E-state index is 13.2. The molecule has 0 saturated carbocycles. The van der Waals surface area contributed by atoms with E-state index in [0.29, 0.717) is 39.1 Å². The van der Waals surface area contributed by atoms with Gasteiger partial charge in [0, 0.05) is 43.7 Å². The molecule has 6 heteroatoms. The van der Waals surface area contributed by atoms with Crippen molar-refractivity contribution >= 4 is 11.8 Å². The second kappa shape index (κ2) is 8.62. The number of likely N-dealkylation sites (N-methyl/N-ethyl adjacent to an activating group) is 1. The van der Waals surface area contributed by atoms with Crippen LogP contribution in [0.5, 0.6) is 0 Å². The van der Waals surface area contributed by atoms with Crippen LogP contribution in [0, 0.1) is 19.3 Å². The standard InChI is InChI=1S/C22H33N3O3/c1-4-23-20(27)13-24-11-8-19(26)22(14-24)9-5-10-25(15-22)21(28)18-7-6-16(2)12-17(18)3/h6-7,12,19,26H,4-5,8-11,13-15H2,1-3H3,(H,23,27)/t19-,22-/m1/s1. The molecule has 2 aliphatic rings. The first-order valence-corrected chi connectivity index (χ1v) is 10.4. The van der Waals surface area contributed by atoms with Gasteiger partial charge in [0.1, 0.15) is 0 Å². The van der Waals surface area contributed by atoms with E-state index >= 15 is 0 Å². The summed E-state index contributed by atoms with van der Waals surface area (Å²) >= 11 is 0. The molecule has 0 radical (unpaired) electrons. The minimum Gasteiger partial charge on any atom is -0.392 e. The van der Waals surface area contributed by atoms with Crippen molar-refractivity contribution in [2.45, 2.75) is 46.1 Å². The van der Waals surface area contributed by atoms with Crippen LogP contribution in [0.4, 0.5) is 0 Å². The molecule has 0 aromatic heterocycles. The van der Waals surface area contributed by atoms with Gasteiger partial charge in [-0.2, -0.15) is 0 Å². The SMILES string of the molecule is CCNC(=O)CN1CC[C@@H](O)[C@]2(CCCN(C(=O)c3ccc(C)cc3C)C2)C1. The third-order valence-electron chi connectivity index (χ3n) is 6.21. The number of nitrogens with zero attached hydrogens (tertiary/aromatic N) is 2. The van der Waals surface area contributed by atoms with Gasteiger partial charge in [0.05, 0.1) is 12.6 Å². The van der Waals surface area contributed by atoms with Gasteiger partial charge in [-0.25, -0.2) is 0 Å². The van der Waals surface area contributed by atoms with Crippen molar-refractivity contribution in [1.82, 2.24) is 15.1 Å². The molecule has 0 unspecified atom stereocenters. The summed E-state index contributed by atoms with van der Waals surface area (Å²) in [5.74, 6) is 0.0673. The van der Waals surface area contributed by atoms with Crippen LogP contribution in [0.2, 0.25) is 0 Å². The number of rotatable bonds is 4. The Morgan fingerprint density at radius 2 is 2.04 bits per heavy atom. The monoisotopic (exact) mass is 387 g/mol. The maximum atomic E-state index is 13.2. The van der Waals surface area contributed by atoms with Gasteiger partial charge in [-0.1, -0.05) is 17.7 Å². The first-order valence-electron chi connectivity index (χ1n) is 10.4. The van der Waals surface area contributed by atoms with Crippen molar-refractivity contribution in [3.05, 3.63) is 34.9 Å². The summed E-state index contributed by atoms with van der Waals surface area (Å²) in [6.45, 7) is 9.53. The number of nitrogens with one attached hydrogen (secondary N) is 1. The van der Waals surface area contributed by atoms with Gasteiger partial charge in [-0.05, 0) is 51.7 Å². The molecule has 2 amide bonds. The number of amides is 2. The van der Waals surface area contributed by atoms with E-state index in [9.17, 15) is 14.7 Å². The van der Waals surface area contributed by atoms with Gasteiger partial charge in [0.2, 0.25) is 5.91 Å². The molecule has 28 heavy (non-hydrogen) atoms. The van der Waals surface area contributed by atoms with Crippen LogP contribution in [-0.4, -0.2) is 72.1 Å². The topological polar surface area (TPSA) is 72.9 Å². The molecule has 2 aliphatic heterocycles. The summed E-state index contributed by atoms with van der Waals surface area (Å²) < 4.78 is 0. The fraction of sp³-hybridized carbons (Fsp3) is 0.636. The number of carbonyl (C=O) groups is 2. The largest absolute Gasteiger partial charge is 0.392 e. The molecular weight excluding hydrogens is 354 g/mol. The predicted octanol–water partition coefficient (Wildman–Crippen LogP) is 1.73. The molecule has 2 fully saturated rings. The van der Waals surface area contributed by atoms with E-state index in [1.807, 2.05) is 43.9 Å². The quantitative estimate of drug-likeness (QED) is 0.825. The Bertz CT molecular complexity index is 736. The fourth-order valence-electron chi connectivity index (χ4n) is 4.79. The maximum Gasteiger partial charge on any atom is 0.254 e. The smallest absolute Gasteiger partial charge is 0.254 e. The van der Waals surface area contributed by atoms with Gasteiger partial charge < -0.3 is 15.3 Å². The second-order valence-electron chi connectivity index (χ2n) is 8.48. The predicted molar refractivity (Wildman–Crippen MR) is 109 cm³/mol. The Balaban J connectivity index is 1.74. The Labute approximate surface area is 167 Å². The Morgan fingerprint density at radius 1 is 1.25 bits per heavy atom. The summed E-state index contributed by atoms with van der Waals surface area (Å²) in [4.78, 5) is 29.2. The number of aryl methyl sites for hydroxylation is 2. The van der Waals surface area contributed by atoms with Gasteiger partial charge in [-0.3, -0.25) is 14.5 Å². The van der Waals surface area contributed by atoms with E-state index < -0.39 is 6.10 Å². The average Bonchev–Trinajstić information content (AvgIpc) is 2.65. The number of piperidine rings is 2. The number of carbonyl (C=O) groups excluding carboxylic acids is 2. The molecule has 2 N–H and O–H groups in total. The van der Waals surface area contributed by atoms with E-state index in [4.69, 9.17) is 0 Å². The van der Waals surface area contributed by atoms with Crippen LogP contribution in [-0.2, 0) is 4.79 Å². The van der Waals surface area contributed by atoms with Crippen molar-refractivity contribution in [2.75, 3.05) is 39.3 Å².